The summed E-state index contributed by atoms with van der Waals surface area (Å²) in [4.78, 5) is 0. The predicted molar refractivity (Wildman–Crippen MR) is 62.2 cm³/mol. The third-order valence-corrected chi connectivity index (χ3v) is 3.08. The molecule has 0 fully saturated rings. The van der Waals surface area contributed by atoms with Crippen LogP contribution in [0, 0.1) is 6.92 Å². The van der Waals surface area contributed by atoms with E-state index in [0.717, 1.165) is 16.7 Å². The molecule has 3 nitrogen and oxygen atoms in total. The van der Waals surface area contributed by atoms with Crippen LogP contribution in [0.3, 0.4) is 0 Å². The highest BCUT2D eigenvalue weighted by Gasteiger charge is 2.14. The monoisotopic (exact) mass is 259 g/mol. The number of halogens is 1. The maximum atomic E-state index is 4.34. The van der Waals surface area contributed by atoms with Crippen molar-refractivity contribution in [3.05, 3.63) is 15.9 Å². The summed E-state index contributed by atoms with van der Waals surface area (Å²) in [5.41, 5.74) is 2.37. The van der Waals surface area contributed by atoms with Gasteiger partial charge in [0.15, 0.2) is 0 Å². The van der Waals surface area contributed by atoms with Gasteiger partial charge in [0.05, 0.1) is 15.9 Å². The molecule has 14 heavy (non-hydrogen) atoms. The fourth-order valence-electron chi connectivity index (χ4n) is 1.22. The number of hydrogen-bond donors (Lipinski definition) is 1. The first kappa shape index (κ1) is 11.7. The first-order chi connectivity index (χ1) is 6.31. The van der Waals surface area contributed by atoms with E-state index in [9.17, 15) is 0 Å². The van der Waals surface area contributed by atoms with Gasteiger partial charge in [-0.05, 0) is 43.6 Å². The molecule has 0 atom stereocenters. The van der Waals surface area contributed by atoms with E-state index in [0.29, 0.717) is 0 Å². The lowest BCUT2D eigenvalue weighted by Gasteiger charge is -2.20. The highest BCUT2D eigenvalue weighted by Crippen LogP contribution is 2.20. The van der Waals surface area contributed by atoms with Gasteiger partial charge in [0.25, 0.3) is 0 Å². The second kappa shape index (κ2) is 4.03. The summed E-state index contributed by atoms with van der Waals surface area (Å²) in [5, 5.41) is 7.78. The Hall–Kier alpha value is -0.350. The lowest BCUT2D eigenvalue weighted by atomic mass is 10.1. The predicted octanol–water partition coefficient (Wildman–Crippen LogP) is 2.38. The van der Waals surface area contributed by atoms with Gasteiger partial charge in [0.2, 0.25) is 0 Å². The molecule has 0 aliphatic carbocycles. The standard InChI is InChI=1S/C10H18BrN3/c1-7-9(11)8(14(5)13-7)6-12-10(2,3)4/h12H,6H2,1-5H3. The van der Waals surface area contributed by atoms with Gasteiger partial charge in [0.1, 0.15) is 0 Å². The number of nitrogens with one attached hydrogen (secondary N) is 1. The lowest BCUT2D eigenvalue weighted by molar-refractivity contribution is 0.415. The Bertz CT molecular complexity index is 323. The second-order valence-electron chi connectivity index (χ2n) is 4.57. The molecule has 1 rings (SSSR count). The summed E-state index contributed by atoms with van der Waals surface area (Å²) in [5.74, 6) is 0. The van der Waals surface area contributed by atoms with E-state index < -0.39 is 0 Å². The average Bonchev–Trinajstić information content (AvgIpc) is 2.23. The molecular formula is C10H18BrN3. The summed E-state index contributed by atoms with van der Waals surface area (Å²) in [6, 6.07) is 0. The van der Waals surface area contributed by atoms with E-state index in [2.05, 4.69) is 47.1 Å². The molecule has 0 saturated heterocycles. The Morgan fingerprint density at radius 2 is 2.00 bits per heavy atom. The summed E-state index contributed by atoms with van der Waals surface area (Å²) in [6.45, 7) is 9.31. The number of hydrogen-bond acceptors (Lipinski definition) is 2. The Morgan fingerprint density at radius 1 is 1.43 bits per heavy atom. The Morgan fingerprint density at radius 3 is 2.36 bits per heavy atom. The minimum absolute atomic E-state index is 0.137. The Kier molecular flexibility index (Phi) is 3.37. The topological polar surface area (TPSA) is 29.9 Å². The first-order valence-electron chi connectivity index (χ1n) is 4.74. The van der Waals surface area contributed by atoms with Crippen molar-refractivity contribution < 1.29 is 0 Å². The van der Waals surface area contributed by atoms with Crippen LogP contribution in [-0.2, 0) is 13.6 Å². The van der Waals surface area contributed by atoms with Crippen molar-refractivity contribution in [2.45, 2.75) is 39.8 Å². The number of aromatic nitrogens is 2. The molecule has 1 N–H and O–H groups in total. The normalized spacial score (nSPS) is 12.1. The molecule has 1 aromatic rings. The molecule has 0 aromatic carbocycles. The molecule has 0 radical (unpaired) electrons. The van der Waals surface area contributed by atoms with E-state index in [1.807, 2.05) is 18.7 Å². The van der Waals surface area contributed by atoms with Gasteiger partial charge in [-0.25, -0.2) is 0 Å². The highest BCUT2D eigenvalue weighted by atomic mass is 79.9. The third kappa shape index (κ3) is 2.82. The third-order valence-electron chi connectivity index (χ3n) is 2.05. The summed E-state index contributed by atoms with van der Waals surface area (Å²) in [7, 11) is 1.97. The van der Waals surface area contributed by atoms with Crippen LogP contribution in [0.4, 0.5) is 0 Å². The lowest BCUT2D eigenvalue weighted by Crippen LogP contribution is -2.35. The largest absolute Gasteiger partial charge is 0.306 e. The zero-order valence-electron chi connectivity index (χ0n) is 9.48. The van der Waals surface area contributed by atoms with E-state index in [-0.39, 0.29) is 5.54 Å². The van der Waals surface area contributed by atoms with Gasteiger partial charge < -0.3 is 5.32 Å². The van der Waals surface area contributed by atoms with Crippen molar-refractivity contribution in [1.82, 2.24) is 15.1 Å². The minimum Gasteiger partial charge on any atom is -0.306 e. The van der Waals surface area contributed by atoms with Crippen LogP contribution in [0.1, 0.15) is 32.2 Å². The summed E-state index contributed by atoms with van der Waals surface area (Å²) >= 11 is 3.55. The van der Waals surface area contributed by atoms with Gasteiger partial charge in [-0.3, -0.25) is 4.68 Å². The van der Waals surface area contributed by atoms with Crippen LogP contribution < -0.4 is 5.32 Å². The number of nitrogens with zero attached hydrogens (tertiary/aromatic N) is 2. The van der Waals surface area contributed by atoms with Crippen LogP contribution in [0.2, 0.25) is 0 Å². The number of aryl methyl sites for hydroxylation is 2. The molecular weight excluding hydrogens is 242 g/mol. The van der Waals surface area contributed by atoms with Crippen LogP contribution in [0.5, 0.6) is 0 Å². The van der Waals surface area contributed by atoms with Gasteiger partial charge >= 0.3 is 0 Å². The smallest absolute Gasteiger partial charge is 0.0739 e. The van der Waals surface area contributed by atoms with Crippen molar-refractivity contribution in [2.24, 2.45) is 7.05 Å². The first-order valence-corrected chi connectivity index (χ1v) is 5.53. The minimum atomic E-state index is 0.137. The molecule has 0 saturated carbocycles. The zero-order chi connectivity index (χ0) is 10.9. The molecule has 80 valence electrons. The van der Waals surface area contributed by atoms with E-state index in [4.69, 9.17) is 0 Å². The maximum absolute atomic E-state index is 4.34. The highest BCUT2D eigenvalue weighted by molar-refractivity contribution is 9.10. The summed E-state index contributed by atoms with van der Waals surface area (Å²) in [6.07, 6.45) is 0. The molecule has 0 aliphatic heterocycles. The van der Waals surface area contributed by atoms with Crippen molar-refractivity contribution in [2.75, 3.05) is 0 Å². The van der Waals surface area contributed by atoms with Gasteiger partial charge in [-0.1, -0.05) is 0 Å². The Labute approximate surface area is 94.0 Å². The van der Waals surface area contributed by atoms with E-state index in [1.165, 1.54) is 5.69 Å². The van der Waals surface area contributed by atoms with Gasteiger partial charge in [0, 0.05) is 19.1 Å². The SMILES string of the molecule is Cc1nn(C)c(CNC(C)(C)C)c1Br. The van der Waals surface area contributed by atoms with Crippen LogP contribution in [0.25, 0.3) is 0 Å². The molecule has 1 aromatic heterocycles. The molecule has 0 amide bonds. The number of rotatable bonds is 2. The van der Waals surface area contributed by atoms with Crippen LogP contribution >= 0.6 is 15.9 Å². The fraction of sp³-hybridized carbons (Fsp3) is 0.700. The molecule has 0 spiro atoms. The zero-order valence-corrected chi connectivity index (χ0v) is 11.1. The second-order valence-corrected chi connectivity index (χ2v) is 5.37. The molecule has 4 heteroatoms. The van der Waals surface area contributed by atoms with Crippen molar-refractivity contribution >= 4 is 15.9 Å². The van der Waals surface area contributed by atoms with Crippen molar-refractivity contribution in [3.8, 4) is 0 Å². The average molecular weight is 260 g/mol. The molecule has 1 heterocycles. The fourth-order valence-corrected chi connectivity index (χ4v) is 1.70. The maximum Gasteiger partial charge on any atom is 0.0739 e. The van der Waals surface area contributed by atoms with Crippen molar-refractivity contribution in [1.29, 1.82) is 0 Å². The van der Waals surface area contributed by atoms with E-state index >= 15 is 0 Å². The molecule has 0 unspecified atom stereocenters. The van der Waals surface area contributed by atoms with Gasteiger partial charge in [-0.15, -0.1) is 0 Å². The quantitative estimate of drug-likeness (QED) is 0.884. The van der Waals surface area contributed by atoms with Gasteiger partial charge in [-0.2, -0.15) is 5.10 Å². The summed E-state index contributed by atoms with van der Waals surface area (Å²) < 4.78 is 3.02. The van der Waals surface area contributed by atoms with Crippen molar-refractivity contribution in [3.63, 3.8) is 0 Å². The van der Waals surface area contributed by atoms with Crippen LogP contribution in [-0.4, -0.2) is 15.3 Å². The van der Waals surface area contributed by atoms with Crippen LogP contribution in [0.15, 0.2) is 4.47 Å². The molecule has 0 aliphatic rings. The van der Waals surface area contributed by atoms with E-state index in [1.54, 1.807) is 0 Å². The molecule has 0 bridgehead atoms. The Balaban J connectivity index is 2.77.